The van der Waals surface area contributed by atoms with Gasteiger partial charge in [0.15, 0.2) is 5.69 Å². The van der Waals surface area contributed by atoms with Gasteiger partial charge >= 0.3 is 5.97 Å². The molecular weight excluding hydrogens is 256 g/mol. The number of carboxylic acids is 1. The van der Waals surface area contributed by atoms with E-state index in [-0.39, 0.29) is 17.1 Å². The smallest absolute Gasteiger partial charge is 0.358 e. The molecule has 7 heteroatoms. The fourth-order valence-corrected chi connectivity index (χ4v) is 1.77. The highest BCUT2D eigenvalue weighted by Gasteiger charge is 2.20. The summed E-state index contributed by atoms with van der Waals surface area (Å²) in [5, 5.41) is 16.1. The average molecular weight is 267 g/mol. The Labute approximate surface area is 107 Å². The van der Waals surface area contributed by atoms with Crippen molar-refractivity contribution in [3.8, 4) is 5.69 Å². The minimum Gasteiger partial charge on any atom is -0.476 e. The van der Waals surface area contributed by atoms with Gasteiger partial charge in [-0.25, -0.2) is 18.3 Å². The fraction of sp³-hybridized carbons (Fsp3) is 0.250. The molecule has 19 heavy (non-hydrogen) atoms. The van der Waals surface area contributed by atoms with Crippen LogP contribution in [-0.4, -0.2) is 26.1 Å². The minimum absolute atomic E-state index is 0.150. The Morgan fingerprint density at radius 3 is 2.79 bits per heavy atom. The third kappa shape index (κ3) is 2.44. The molecule has 1 N–H and O–H groups in total. The van der Waals surface area contributed by atoms with Crippen molar-refractivity contribution in [1.82, 2.24) is 15.0 Å². The van der Waals surface area contributed by atoms with Crippen molar-refractivity contribution < 1.29 is 18.7 Å². The molecule has 0 radical (unpaired) electrons. The van der Waals surface area contributed by atoms with Gasteiger partial charge in [0, 0.05) is 6.07 Å². The van der Waals surface area contributed by atoms with Gasteiger partial charge in [-0.3, -0.25) is 0 Å². The van der Waals surface area contributed by atoms with E-state index in [0.29, 0.717) is 12.8 Å². The molecule has 1 aromatic heterocycles. The number of hydrogen-bond acceptors (Lipinski definition) is 3. The van der Waals surface area contributed by atoms with Crippen molar-refractivity contribution in [3.63, 3.8) is 0 Å². The number of hydrogen-bond donors (Lipinski definition) is 1. The van der Waals surface area contributed by atoms with Gasteiger partial charge < -0.3 is 5.11 Å². The van der Waals surface area contributed by atoms with Crippen molar-refractivity contribution in [2.45, 2.75) is 19.8 Å². The third-order valence-electron chi connectivity index (χ3n) is 2.59. The third-order valence-corrected chi connectivity index (χ3v) is 2.59. The Morgan fingerprint density at radius 2 is 2.16 bits per heavy atom. The van der Waals surface area contributed by atoms with Gasteiger partial charge in [0.05, 0.1) is 5.69 Å². The molecule has 1 aromatic carbocycles. The van der Waals surface area contributed by atoms with Crippen LogP contribution in [-0.2, 0) is 6.42 Å². The summed E-state index contributed by atoms with van der Waals surface area (Å²) in [5.74, 6) is -2.57. The van der Waals surface area contributed by atoms with E-state index in [0.717, 1.165) is 22.9 Å². The molecule has 0 aliphatic heterocycles. The summed E-state index contributed by atoms with van der Waals surface area (Å²) < 4.78 is 27.9. The second-order valence-corrected chi connectivity index (χ2v) is 3.95. The lowest BCUT2D eigenvalue weighted by Crippen LogP contribution is -2.08. The first-order valence-electron chi connectivity index (χ1n) is 5.68. The zero-order valence-electron chi connectivity index (χ0n) is 10.1. The molecule has 5 nitrogen and oxygen atoms in total. The topological polar surface area (TPSA) is 68.0 Å². The Kier molecular flexibility index (Phi) is 3.55. The van der Waals surface area contributed by atoms with Crippen LogP contribution in [0, 0.1) is 11.6 Å². The van der Waals surface area contributed by atoms with Crippen LogP contribution in [0.5, 0.6) is 0 Å². The lowest BCUT2D eigenvalue weighted by Gasteiger charge is -2.07. The highest BCUT2D eigenvalue weighted by atomic mass is 19.1. The van der Waals surface area contributed by atoms with E-state index in [9.17, 15) is 13.6 Å². The lowest BCUT2D eigenvalue weighted by molar-refractivity contribution is 0.0689. The Bertz CT molecular complexity index is 625. The van der Waals surface area contributed by atoms with E-state index >= 15 is 0 Å². The maximum atomic E-state index is 13.7. The highest BCUT2D eigenvalue weighted by Crippen LogP contribution is 2.19. The number of aromatic nitrogens is 3. The van der Waals surface area contributed by atoms with Gasteiger partial charge in [-0.1, -0.05) is 18.6 Å². The van der Waals surface area contributed by atoms with Crippen LogP contribution in [0.25, 0.3) is 5.69 Å². The van der Waals surface area contributed by atoms with Crippen LogP contribution < -0.4 is 0 Å². The molecule has 0 bridgehead atoms. The van der Waals surface area contributed by atoms with E-state index < -0.39 is 17.6 Å². The molecule has 1 heterocycles. The number of carboxylic acid groups (broad SMARTS) is 1. The van der Waals surface area contributed by atoms with Crippen LogP contribution in [0.3, 0.4) is 0 Å². The molecule has 0 saturated carbocycles. The second kappa shape index (κ2) is 5.13. The van der Waals surface area contributed by atoms with Crippen molar-refractivity contribution in [2.75, 3.05) is 0 Å². The lowest BCUT2D eigenvalue weighted by atomic mass is 10.2. The Morgan fingerprint density at radius 1 is 1.42 bits per heavy atom. The first-order valence-corrected chi connectivity index (χ1v) is 5.68. The summed E-state index contributed by atoms with van der Waals surface area (Å²) in [6.45, 7) is 1.84. The molecule has 0 saturated heterocycles. The van der Waals surface area contributed by atoms with Gasteiger partial charge in [0.2, 0.25) is 0 Å². The molecule has 2 aromatic rings. The molecule has 0 spiro atoms. The van der Waals surface area contributed by atoms with Crippen LogP contribution in [0.1, 0.15) is 29.5 Å². The first kappa shape index (κ1) is 13.1. The Hall–Kier alpha value is -2.31. The van der Waals surface area contributed by atoms with Gasteiger partial charge in [-0.05, 0) is 18.6 Å². The summed E-state index contributed by atoms with van der Waals surface area (Å²) in [6, 6.07) is 2.89. The molecule has 2 rings (SSSR count). The summed E-state index contributed by atoms with van der Waals surface area (Å²) in [5.41, 5.74) is -0.145. The Balaban J connectivity index is 2.61. The zero-order chi connectivity index (χ0) is 14.0. The molecule has 0 aliphatic rings. The quantitative estimate of drug-likeness (QED) is 0.922. The number of benzene rings is 1. The monoisotopic (exact) mass is 267 g/mol. The van der Waals surface area contributed by atoms with E-state index in [4.69, 9.17) is 5.11 Å². The zero-order valence-corrected chi connectivity index (χ0v) is 10.1. The largest absolute Gasteiger partial charge is 0.476 e. The average Bonchev–Trinajstić information content (AvgIpc) is 2.76. The van der Waals surface area contributed by atoms with Crippen molar-refractivity contribution in [3.05, 3.63) is 41.2 Å². The fourth-order valence-electron chi connectivity index (χ4n) is 1.77. The minimum atomic E-state index is -1.24. The van der Waals surface area contributed by atoms with Gasteiger partial charge in [-0.2, -0.15) is 0 Å². The van der Waals surface area contributed by atoms with Gasteiger partial charge in [0.1, 0.15) is 17.3 Å². The molecular formula is C12H11F2N3O2. The maximum Gasteiger partial charge on any atom is 0.358 e. The molecule has 0 amide bonds. The highest BCUT2D eigenvalue weighted by molar-refractivity contribution is 5.86. The predicted molar refractivity (Wildman–Crippen MR) is 62.2 cm³/mol. The SMILES string of the molecule is CCCc1c(C(=O)O)nnn1-c1cc(F)ccc1F. The predicted octanol–water partition coefficient (Wildman–Crippen LogP) is 2.20. The number of nitrogens with zero attached hydrogens (tertiary/aromatic N) is 3. The summed E-state index contributed by atoms with van der Waals surface area (Å²) in [6.07, 6.45) is 0.981. The standard InChI is InChI=1S/C12H11F2N3O2/c1-2-3-9-11(12(18)19)15-16-17(9)10-6-7(13)4-5-8(10)14/h4-6H,2-3H2,1H3,(H,18,19). The summed E-state index contributed by atoms with van der Waals surface area (Å²) in [4.78, 5) is 11.0. The maximum absolute atomic E-state index is 13.7. The molecule has 0 fully saturated rings. The molecule has 100 valence electrons. The number of halogens is 2. The summed E-state index contributed by atoms with van der Waals surface area (Å²) >= 11 is 0. The van der Waals surface area contributed by atoms with Gasteiger partial charge in [-0.15, -0.1) is 5.10 Å². The molecule has 0 atom stereocenters. The number of aromatic carboxylic acids is 1. The van der Waals surface area contributed by atoms with E-state index in [1.54, 1.807) is 0 Å². The van der Waals surface area contributed by atoms with Crippen molar-refractivity contribution in [1.29, 1.82) is 0 Å². The van der Waals surface area contributed by atoms with E-state index in [2.05, 4.69) is 10.3 Å². The van der Waals surface area contributed by atoms with E-state index in [1.165, 1.54) is 0 Å². The van der Waals surface area contributed by atoms with Crippen LogP contribution in [0.4, 0.5) is 8.78 Å². The molecule has 0 unspecified atom stereocenters. The molecule has 0 aliphatic carbocycles. The van der Waals surface area contributed by atoms with Gasteiger partial charge in [0.25, 0.3) is 0 Å². The van der Waals surface area contributed by atoms with Crippen molar-refractivity contribution >= 4 is 5.97 Å². The number of rotatable bonds is 4. The second-order valence-electron chi connectivity index (χ2n) is 3.95. The normalized spacial score (nSPS) is 10.7. The van der Waals surface area contributed by atoms with Crippen LogP contribution >= 0.6 is 0 Å². The van der Waals surface area contributed by atoms with Crippen LogP contribution in [0.15, 0.2) is 18.2 Å². The van der Waals surface area contributed by atoms with Crippen molar-refractivity contribution in [2.24, 2.45) is 0 Å². The summed E-state index contributed by atoms with van der Waals surface area (Å²) in [7, 11) is 0. The first-order chi connectivity index (χ1) is 9.04. The number of carbonyl (C=O) groups is 1. The van der Waals surface area contributed by atoms with E-state index in [1.807, 2.05) is 6.92 Å². The van der Waals surface area contributed by atoms with Crippen LogP contribution in [0.2, 0.25) is 0 Å².